The van der Waals surface area contributed by atoms with Gasteiger partial charge in [-0.15, -0.1) is 0 Å². The molecular formula is C25H26ClF3N4. The van der Waals surface area contributed by atoms with E-state index in [4.69, 9.17) is 17.3 Å². The fourth-order valence-corrected chi connectivity index (χ4v) is 4.88. The molecule has 2 aromatic heterocycles. The normalized spacial score (nSPS) is 13.1. The van der Waals surface area contributed by atoms with Crippen molar-refractivity contribution in [2.75, 3.05) is 6.54 Å². The predicted octanol–water partition coefficient (Wildman–Crippen LogP) is 6.08. The number of aryl methyl sites for hydroxylation is 3. The summed E-state index contributed by atoms with van der Waals surface area (Å²) >= 11 is 6.56. The van der Waals surface area contributed by atoms with Crippen LogP contribution in [0.1, 0.15) is 33.6 Å². The number of imidazole rings is 2. The van der Waals surface area contributed by atoms with Crippen LogP contribution in [0.3, 0.4) is 0 Å². The summed E-state index contributed by atoms with van der Waals surface area (Å²) < 4.78 is 45.2. The van der Waals surface area contributed by atoms with E-state index in [-0.39, 0.29) is 30.4 Å². The van der Waals surface area contributed by atoms with Gasteiger partial charge in [-0.1, -0.05) is 59.6 Å². The number of rotatable bonds is 6. The highest BCUT2D eigenvalue weighted by atomic mass is 35.5. The van der Waals surface area contributed by atoms with E-state index in [1.54, 1.807) is 4.57 Å². The number of nitrogens with two attached hydrogens (primary N) is 1. The monoisotopic (exact) mass is 474 g/mol. The molecular weight excluding hydrogens is 449 g/mol. The molecule has 0 saturated carbocycles. The van der Waals surface area contributed by atoms with Crippen molar-refractivity contribution in [3.05, 3.63) is 87.5 Å². The van der Waals surface area contributed by atoms with E-state index < -0.39 is 11.9 Å². The van der Waals surface area contributed by atoms with Gasteiger partial charge in [0.1, 0.15) is 5.15 Å². The Morgan fingerprint density at radius 2 is 1.67 bits per heavy atom. The molecule has 2 N–H and O–H groups in total. The first-order valence-corrected chi connectivity index (χ1v) is 11.2. The lowest BCUT2D eigenvalue weighted by molar-refractivity contribution is -0.141. The Labute approximate surface area is 195 Å². The topological polar surface area (TPSA) is 48.2 Å². The number of alkyl halides is 3. The van der Waals surface area contributed by atoms with Crippen LogP contribution in [-0.2, 0) is 19.0 Å². The number of fused-ring (bicyclic) bond motifs is 1. The third-order valence-corrected chi connectivity index (χ3v) is 6.22. The van der Waals surface area contributed by atoms with Crippen molar-refractivity contribution >= 4 is 17.4 Å². The SMILES string of the molecule is Cc1cc(C)c(-n2c(Cl)cn3c(CC(CN)Cc4ccccc4)c(C(F)(F)F)nc23)c(C)c1. The number of aromatic nitrogens is 3. The highest BCUT2D eigenvalue weighted by molar-refractivity contribution is 6.30. The molecule has 4 aromatic rings. The average Bonchev–Trinajstić information content (AvgIpc) is 3.23. The van der Waals surface area contributed by atoms with Crippen LogP contribution in [0, 0.1) is 26.7 Å². The maximum atomic E-state index is 14.0. The van der Waals surface area contributed by atoms with Crippen LogP contribution in [0.4, 0.5) is 13.2 Å². The minimum atomic E-state index is -4.60. The van der Waals surface area contributed by atoms with Crippen molar-refractivity contribution in [2.45, 2.75) is 39.8 Å². The highest BCUT2D eigenvalue weighted by Gasteiger charge is 2.39. The molecule has 1 unspecified atom stereocenters. The Morgan fingerprint density at radius 3 is 2.24 bits per heavy atom. The molecule has 8 heteroatoms. The lowest BCUT2D eigenvalue weighted by Gasteiger charge is -2.16. The van der Waals surface area contributed by atoms with Gasteiger partial charge in [0.2, 0.25) is 5.78 Å². The third-order valence-electron chi connectivity index (χ3n) is 5.95. The first-order valence-electron chi connectivity index (χ1n) is 10.8. The fraction of sp³-hybridized carbons (Fsp3) is 0.320. The Balaban J connectivity index is 1.86. The molecule has 174 valence electrons. The molecule has 0 aliphatic rings. The van der Waals surface area contributed by atoms with Gasteiger partial charge in [-0.25, -0.2) is 4.98 Å². The van der Waals surface area contributed by atoms with Crippen LogP contribution in [0.15, 0.2) is 48.7 Å². The van der Waals surface area contributed by atoms with E-state index in [2.05, 4.69) is 4.98 Å². The molecule has 33 heavy (non-hydrogen) atoms. The predicted molar refractivity (Wildman–Crippen MR) is 125 cm³/mol. The molecule has 0 aliphatic heterocycles. The lowest BCUT2D eigenvalue weighted by atomic mass is 9.94. The number of nitrogens with zero attached hydrogens (tertiary/aromatic N) is 3. The van der Waals surface area contributed by atoms with Gasteiger partial charge in [-0.05, 0) is 62.8 Å². The number of benzene rings is 2. The molecule has 0 spiro atoms. The second-order valence-corrected chi connectivity index (χ2v) is 8.99. The first kappa shape index (κ1) is 23.4. The van der Waals surface area contributed by atoms with E-state index in [0.29, 0.717) is 11.6 Å². The maximum absolute atomic E-state index is 14.0. The second kappa shape index (κ2) is 8.88. The highest BCUT2D eigenvalue weighted by Crippen LogP contribution is 2.36. The molecule has 2 aromatic carbocycles. The molecule has 1 atom stereocenters. The van der Waals surface area contributed by atoms with Gasteiger partial charge in [0.25, 0.3) is 0 Å². The van der Waals surface area contributed by atoms with Crippen molar-refractivity contribution < 1.29 is 13.2 Å². The summed E-state index contributed by atoms with van der Waals surface area (Å²) in [6, 6.07) is 13.6. The van der Waals surface area contributed by atoms with Crippen LogP contribution >= 0.6 is 11.6 Å². The van der Waals surface area contributed by atoms with E-state index in [0.717, 1.165) is 27.9 Å². The van der Waals surface area contributed by atoms with Crippen LogP contribution in [0.2, 0.25) is 5.15 Å². The number of hydrogen-bond donors (Lipinski definition) is 1. The van der Waals surface area contributed by atoms with Crippen molar-refractivity contribution in [2.24, 2.45) is 11.7 Å². The molecule has 4 nitrogen and oxygen atoms in total. The average molecular weight is 475 g/mol. The van der Waals surface area contributed by atoms with Crippen molar-refractivity contribution in [1.82, 2.24) is 14.0 Å². The van der Waals surface area contributed by atoms with Gasteiger partial charge in [-0.3, -0.25) is 8.97 Å². The van der Waals surface area contributed by atoms with Crippen LogP contribution in [-0.4, -0.2) is 20.5 Å². The summed E-state index contributed by atoms with van der Waals surface area (Å²) in [6.07, 6.45) is -2.37. The summed E-state index contributed by atoms with van der Waals surface area (Å²) in [6.45, 7) is 6.07. The summed E-state index contributed by atoms with van der Waals surface area (Å²) in [5.74, 6) is -0.0359. The van der Waals surface area contributed by atoms with E-state index in [1.807, 2.05) is 63.2 Å². The van der Waals surface area contributed by atoms with Crippen LogP contribution in [0.5, 0.6) is 0 Å². The molecule has 0 bridgehead atoms. The molecule has 0 saturated heterocycles. The number of halogens is 4. The minimum Gasteiger partial charge on any atom is -0.330 e. The summed E-state index contributed by atoms with van der Waals surface area (Å²) in [4.78, 5) is 4.06. The maximum Gasteiger partial charge on any atom is 0.435 e. The van der Waals surface area contributed by atoms with Gasteiger partial charge in [0, 0.05) is 6.20 Å². The lowest BCUT2D eigenvalue weighted by Crippen LogP contribution is -2.22. The zero-order valence-electron chi connectivity index (χ0n) is 18.7. The summed E-state index contributed by atoms with van der Waals surface area (Å²) in [5, 5.41) is 0.301. The minimum absolute atomic E-state index is 0.0759. The standard InChI is InChI=1S/C25H26ClF3N4/c1-15-9-16(2)22(17(3)10-15)33-21(26)14-32-20(23(25(27,28)29)31-24(32)33)12-19(13-30)11-18-7-5-4-6-8-18/h4-10,14,19H,11-13,30H2,1-3H3. The third kappa shape index (κ3) is 4.52. The second-order valence-electron chi connectivity index (χ2n) is 8.60. The Kier molecular flexibility index (Phi) is 6.29. The number of hydrogen-bond acceptors (Lipinski definition) is 2. The van der Waals surface area contributed by atoms with Crippen molar-refractivity contribution in [3.63, 3.8) is 0 Å². The smallest absolute Gasteiger partial charge is 0.330 e. The van der Waals surface area contributed by atoms with E-state index in [9.17, 15) is 13.2 Å². The van der Waals surface area contributed by atoms with E-state index >= 15 is 0 Å². The van der Waals surface area contributed by atoms with Crippen molar-refractivity contribution in [1.29, 1.82) is 0 Å². The fourth-order valence-electron chi connectivity index (χ4n) is 4.62. The molecule has 0 aliphatic carbocycles. The quantitative estimate of drug-likeness (QED) is 0.368. The Bertz CT molecular complexity index is 1270. The van der Waals surface area contributed by atoms with Crippen molar-refractivity contribution in [3.8, 4) is 5.69 Å². The molecule has 0 fully saturated rings. The van der Waals surface area contributed by atoms with Gasteiger partial charge in [0.15, 0.2) is 5.69 Å². The zero-order valence-corrected chi connectivity index (χ0v) is 19.5. The van der Waals surface area contributed by atoms with Gasteiger partial charge >= 0.3 is 6.18 Å². The zero-order chi connectivity index (χ0) is 23.9. The largest absolute Gasteiger partial charge is 0.435 e. The first-order chi connectivity index (χ1) is 15.6. The molecule has 0 radical (unpaired) electrons. The van der Waals surface area contributed by atoms with Gasteiger partial charge in [0.05, 0.1) is 11.4 Å². The summed E-state index contributed by atoms with van der Waals surface area (Å²) in [5.41, 5.74) is 9.83. The Morgan fingerprint density at radius 1 is 1.03 bits per heavy atom. The summed E-state index contributed by atoms with van der Waals surface area (Å²) in [7, 11) is 0. The van der Waals surface area contributed by atoms with Crippen LogP contribution in [0.25, 0.3) is 11.5 Å². The molecule has 4 rings (SSSR count). The van der Waals surface area contributed by atoms with Gasteiger partial charge < -0.3 is 5.73 Å². The van der Waals surface area contributed by atoms with Gasteiger partial charge in [-0.2, -0.15) is 13.2 Å². The van der Waals surface area contributed by atoms with E-state index in [1.165, 1.54) is 10.6 Å². The Hall–Kier alpha value is -2.77. The molecule has 2 heterocycles. The van der Waals surface area contributed by atoms with Crippen LogP contribution < -0.4 is 5.73 Å². The molecule has 0 amide bonds.